The van der Waals surface area contributed by atoms with Gasteiger partial charge in [-0.1, -0.05) is 30.3 Å². The van der Waals surface area contributed by atoms with Crippen molar-refractivity contribution in [1.82, 2.24) is 4.57 Å². The first-order chi connectivity index (χ1) is 7.95. The Morgan fingerprint density at radius 2 is 1.69 bits per heavy atom. The molecule has 0 aliphatic carbocycles. The summed E-state index contributed by atoms with van der Waals surface area (Å²) in [6, 6.07) is 14.4. The van der Waals surface area contributed by atoms with Crippen molar-refractivity contribution in [2.75, 3.05) is 6.61 Å². The monoisotopic (exact) mass is 215 g/mol. The lowest BCUT2D eigenvalue weighted by atomic mass is 10.2. The van der Waals surface area contributed by atoms with E-state index in [1.165, 1.54) is 5.56 Å². The van der Waals surface area contributed by atoms with E-state index >= 15 is 0 Å². The van der Waals surface area contributed by atoms with Crippen molar-refractivity contribution < 1.29 is 4.74 Å². The number of benzene rings is 1. The molecule has 0 saturated carbocycles. The summed E-state index contributed by atoms with van der Waals surface area (Å²) in [5.74, 6) is 0. The van der Waals surface area contributed by atoms with Crippen molar-refractivity contribution in [3.63, 3.8) is 0 Å². The third kappa shape index (κ3) is 3.55. The SMILES string of the molecule is c1ccc(COCCCn2cccc2)cc1. The van der Waals surface area contributed by atoms with Gasteiger partial charge >= 0.3 is 0 Å². The van der Waals surface area contributed by atoms with Crippen LogP contribution in [0, 0.1) is 0 Å². The van der Waals surface area contributed by atoms with E-state index in [2.05, 4.69) is 29.1 Å². The number of nitrogens with zero attached hydrogens (tertiary/aromatic N) is 1. The molecule has 0 amide bonds. The average Bonchev–Trinajstić information content (AvgIpc) is 2.83. The van der Waals surface area contributed by atoms with E-state index in [9.17, 15) is 0 Å². The number of aromatic nitrogens is 1. The molecule has 2 nitrogen and oxygen atoms in total. The summed E-state index contributed by atoms with van der Waals surface area (Å²) >= 11 is 0. The van der Waals surface area contributed by atoms with Crippen LogP contribution in [0.4, 0.5) is 0 Å². The predicted molar refractivity (Wildman–Crippen MR) is 65.1 cm³/mol. The lowest BCUT2D eigenvalue weighted by Crippen LogP contribution is -2.01. The maximum atomic E-state index is 5.60. The van der Waals surface area contributed by atoms with Gasteiger partial charge in [0.25, 0.3) is 0 Å². The zero-order chi connectivity index (χ0) is 11.1. The Balaban J connectivity index is 1.59. The molecule has 0 bridgehead atoms. The molecule has 1 aromatic carbocycles. The van der Waals surface area contributed by atoms with Crippen LogP contribution < -0.4 is 0 Å². The van der Waals surface area contributed by atoms with Crippen molar-refractivity contribution in [2.45, 2.75) is 19.6 Å². The second kappa shape index (κ2) is 6.13. The molecule has 0 saturated heterocycles. The molecule has 16 heavy (non-hydrogen) atoms. The molecular weight excluding hydrogens is 198 g/mol. The molecular formula is C14H17NO. The molecule has 0 atom stereocenters. The summed E-state index contributed by atoms with van der Waals surface area (Å²) in [6.07, 6.45) is 5.22. The Hall–Kier alpha value is -1.54. The normalized spacial score (nSPS) is 10.5. The zero-order valence-corrected chi connectivity index (χ0v) is 9.38. The van der Waals surface area contributed by atoms with E-state index in [1.54, 1.807) is 0 Å². The van der Waals surface area contributed by atoms with Gasteiger partial charge < -0.3 is 9.30 Å². The fourth-order valence-electron chi connectivity index (χ4n) is 1.63. The lowest BCUT2D eigenvalue weighted by Gasteiger charge is -2.05. The van der Waals surface area contributed by atoms with E-state index in [-0.39, 0.29) is 0 Å². The zero-order valence-electron chi connectivity index (χ0n) is 9.38. The van der Waals surface area contributed by atoms with Crippen LogP contribution in [-0.2, 0) is 17.9 Å². The van der Waals surface area contributed by atoms with Gasteiger partial charge in [0.15, 0.2) is 0 Å². The minimum Gasteiger partial charge on any atom is -0.377 e. The first-order valence-electron chi connectivity index (χ1n) is 5.67. The van der Waals surface area contributed by atoms with Crippen molar-refractivity contribution >= 4 is 0 Å². The molecule has 0 radical (unpaired) electrons. The average molecular weight is 215 g/mol. The van der Waals surface area contributed by atoms with Crippen LogP contribution in [0.2, 0.25) is 0 Å². The van der Waals surface area contributed by atoms with Crippen LogP contribution in [0.25, 0.3) is 0 Å². The Morgan fingerprint density at radius 1 is 0.938 bits per heavy atom. The van der Waals surface area contributed by atoms with Gasteiger partial charge in [-0.3, -0.25) is 0 Å². The molecule has 84 valence electrons. The second-order valence-corrected chi connectivity index (χ2v) is 3.81. The highest BCUT2D eigenvalue weighted by molar-refractivity contribution is 5.13. The highest BCUT2D eigenvalue weighted by Crippen LogP contribution is 2.01. The molecule has 2 heteroatoms. The molecule has 0 fully saturated rings. The van der Waals surface area contributed by atoms with Gasteiger partial charge in [-0.2, -0.15) is 0 Å². The van der Waals surface area contributed by atoms with Crippen LogP contribution in [0.1, 0.15) is 12.0 Å². The van der Waals surface area contributed by atoms with Crippen molar-refractivity contribution in [3.05, 3.63) is 60.4 Å². The molecule has 0 unspecified atom stereocenters. The summed E-state index contributed by atoms with van der Waals surface area (Å²) < 4.78 is 7.78. The summed E-state index contributed by atoms with van der Waals surface area (Å²) in [7, 11) is 0. The van der Waals surface area contributed by atoms with Gasteiger partial charge in [0, 0.05) is 25.5 Å². The van der Waals surface area contributed by atoms with Crippen LogP contribution in [0.5, 0.6) is 0 Å². The maximum Gasteiger partial charge on any atom is 0.0716 e. The highest BCUT2D eigenvalue weighted by atomic mass is 16.5. The molecule has 0 spiro atoms. The van der Waals surface area contributed by atoms with Gasteiger partial charge in [0.2, 0.25) is 0 Å². The van der Waals surface area contributed by atoms with E-state index in [4.69, 9.17) is 4.74 Å². The minimum absolute atomic E-state index is 0.715. The molecule has 2 rings (SSSR count). The van der Waals surface area contributed by atoms with Gasteiger partial charge in [-0.05, 0) is 24.1 Å². The number of hydrogen-bond donors (Lipinski definition) is 0. The quantitative estimate of drug-likeness (QED) is 0.675. The Labute approximate surface area is 96.5 Å². The van der Waals surface area contributed by atoms with Crippen molar-refractivity contribution in [3.8, 4) is 0 Å². The number of rotatable bonds is 6. The number of ether oxygens (including phenoxy) is 1. The molecule has 1 heterocycles. The van der Waals surface area contributed by atoms with Gasteiger partial charge in [0.05, 0.1) is 6.61 Å². The maximum absolute atomic E-state index is 5.60. The lowest BCUT2D eigenvalue weighted by molar-refractivity contribution is 0.115. The van der Waals surface area contributed by atoms with Crippen LogP contribution in [0.15, 0.2) is 54.9 Å². The third-order valence-electron chi connectivity index (χ3n) is 2.48. The van der Waals surface area contributed by atoms with Crippen molar-refractivity contribution in [1.29, 1.82) is 0 Å². The standard InChI is InChI=1S/C14H17NO/c1-2-7-14(8-3-1)13-16-12-6-11-15-9-4-5-10-15/h1-5,7-10H,6,11-13H2. The van der Waals surface area contributed by atoms with Gasteiger partial charge in [-0.25, -0.2) is 0 Å². The fourth-order valence-corrected chi connectivity index (χ4v) is 1.63. The topological polar surface area (TPSA) is 14.2 Å². The van der Waals surface area contributed by atoms with Crippen LogP contribution in [-0.4, -0.2) is 11.2 Å². The van der Waals surface area contributed by atoms with Gasteiger partial charge in [0.1, 0.15) is 0 Å². The second-order valence-electron chi connectivity index (χ2n) is 3.81. The number of aryl methyl sites for hydroxylation is 1. The van der Waals surface area contributed by atoms with E-state index in [0.29, 0.717) is 6.61 Å². The molecule has 0 N–H and O–H groups in total. The Bertz CT molecular complexity index is 380. The number of hydrogen-bond acceptors (Lipinski definition) is 1. The molecule has 0 aliphatic heterocycles. The Kier molecular flexibility index (Phi) is 4.20. The van der Waals surface area contributed by atoms with Crippen LogP contribution >= 0.6 is 0 Å². The largest absolute Gasteiger partial charge is 0.377 e. The summed E-state index contributed by atoms with van der Waals surface area (Å²) in [5.41, 5.74) is 1.24. The summed E-state index contributed by atoms with van der Waals surface area (Å²) in [5, 5.41) is 0. The van der Waals surface area contributed by atoms with Crippen LogP contribution in [0.3, 0.4) is 0 Å². The van der Waals surface area contributed by atoms with E-state index in [1.807, 2.05) is 30.3 Å². The molecule has 1 aromatic heterocycles. The predicted octanol–water partition coefficient (Wildman–Crippen LogP) is 3.10. The summed E-state index contributed by atoms with van der Waals surface area (Å²) in [4.78, 5) is 0. The molecule has 2 aromatic rings. The molecule has 0 aliphatic rings. The Morgan fingerprint density at radius 3 is 2.44 bits per heavy atom. The first-order valence-corrected chi connectivity index (χ1v) is 5.67. The van der Waals surface area contributed by atoms with E-state index < -0.39 is 0 Å². The smallest absolute Gasteiger partial charge is 0.0716 e. The first kappa shape index (κ1) is 11.0. The van der Waals surface area contributed by atoms with E-state index in [0.717, 1.165) is 19.6 Å². The van der Waals surface area contributed by atoms with Crippen molar-refractivity contribution in [2.24, 2.45) is 0 Å². The van der Waals surface area contributed by atoms with Gasteiger partial charge in [-0.15, -0.1) is 0 Å². The summed E-state index contributed by atoms with van der Waals surface area (Å²) in [6.45, 7) is 2.56. The minimum atomic E-state index is 0.715. The fraction of sp³-hybridized carbons (Fsp3) is 0.286. The highest BCUT2D eigenvalue weighted by Gasteiger charge is 1.92. The third-order valence-corrected chi connectivity index (χ3v) is 2.48.